The maximum absolute atomic E-state index is 13.3. The standard InChI is InChI=1S/C20H22FO4S/c1-26-25-9-8-18(14-2-4-16(21)5-3-14)15(12-25)11-22-17-6-7-19-20(10-17)24-13-23-19/h2-7,10,15,18H,8-9,11-13H2,1H3/q+1/t15-,18+/m1/s1. The largest absolute Gasteiger partial charge is 0.493 e. The van der Waals surface area contributed by atoms with Crippen LogP contribution in [-0.2, 0) is 3.81 Å². The van der Waals surface area contributed by atoms with Gasteiger partial charge in [-0.3, -0.25) is 0 Å². The molecule has 4 rings (SSSR count). The van der Waals surface area contributed by atoms with Gasteiger partial charge in [-0.25, -0.2) is 4.39 Å². The zero-order chi connectivity index (χ0) is 17.9. The van der Waals surface area contributed by atoms with Crippen molar-refractivity contribution in [1.82, 2.24) is 0 Å². The Bertz CT molecular complexity index is 752. The first-order chi connectivity index (χ1) is 12.7. The monoisotopic (exact) mass is 377 g/mol. The van der Waals surface area contributed by atoms with E-state index in [1.54, 1.807) is 24.2 Å². The third-order valence-electron chi connectivity index (χ3n) is 4.97. The van der Waals surface area contributed by atoms with Crippen LogP contribution in [0.2, 0.25) is 0 Å². The number of hydrogen-bond acceptors (Lipinski definition) is 4. The predicted octanol–water partition coefficient (Wildman–Crippen LogP) is 4.57. The number of benzene rings is 2. The summed E-state index contributed by atoms with van der Waals surface area (Å²) in [5, 5.41) is 0. The van der Waals surface area contributed by atoms with Gasteiger partial charge >= 0.3 is 0 Å². The lowest BCUT2D eigenvalue weighted by Gasteiger charge is -2.33. The molecule has 2 aromatic carbocycles. The molecule has 0 amide bonds. The molecule has 0 aliphatic carbocycles. The van der Waals surface area contributed by atoms with E-state index >= 15 is 0 Å². The Morgan fingerprint density at radius 2 is 1.96 bits per heavy atom. The van der Waals surface area contributed by atoms with Crippen molar-refractivity contribution in [3.63, 3.8) is 0 Å². The van der Waals surface area contributed by atoms with E-state index < -0.39 is 0 Å². The van der Waals surface area contributed by atoms with E-state index in [0.29, 0.717) is 18.4 Å². The molecule has 0 N–H and O–H groups in total. The third kappa shape index (κ3) is 3.76. The fraction of sp³-hybridized carbons (Fsp3) is 0.400. The van der Waals surface area contributed by atoms with Crippen molar-refractivity contribution in [2.45, 2.75) is 12.3 Å². The van der Waals surface area contributed by atoms with E-state index in [9.17, 15) is 4.39 Å². The topological polar surface area (TPSA) is 30.4 Å². The van der Waals surface area contributed by atoms with Crippen LogP contribution in [-0.4, -0.2) is 32.9 Å². The van der Waals surface area contributed by atoms with Gasteiger partial charge in [0, 0.05) is 18.4 Å². The minimum Gasteiger partial charge on any atom is -0.493 e. The highest BCUT2D eigenvalue weighted by Gasteiger charge is 2.35. The van der Waals surface area contributed by atoms with Crippen LogP contribution in [0, 0.1) is 11.7 Å². The van der Waals surface area contributed by atoms with Crippen LogP contribution in [0.25, 0.3) is 0 Å². The molecule has 1 saturated heterocycles. The molecule has 0 aromatic heterocycles. The molecule has 2 atom stereocenters. The maximum Gasteiger partial charge on any atom is 0.231 e. The van der Waals surface area contributed by atoms with E-state index in [2.05, 4.69) is 10.1 Å². The quantitative estimate of drug-likeness (QED) is 0.564. The van der Waals surface area contributed by atoms with Gasteiger partial charge in [0.2, 0.25) is 6.79 Å². The molecule has 2 aromatic rings. The van der Waals surface area contributed by atoms with Crippen LogP contribution in [0.15, 0.2) is 42.5 Å². The number of fused-ring (bicyclic) bond motifs is 1. The summed E-state index contributed by atoms with van der Waals surface area (Å²) in [6, 6.07) is 12.5. The number of halogens is 1. The Balaban J connectivity index is 1.47. The Kier molecular flexibility index (Phi) is 5.22. The van der Waals surface area contributed by atoms with E-state index in [1.165, 1.54) is 5.56 Å². The second-order valence-corrected chi connectivity index (χ2v) is 7.31. The van der Waals surface area contributed by atoms with Crippen molar-refractivity contribution >= 4 is 12.0 Å². The summed E-state index contributed by atoms with van der Waals surface area (Å²) in [7, 11) is 0. The van der Waals surface area contributed by atoms with Gasteiger partial charge in [0.15, 0.2) is 36.8 Å². The molecule has 2 heterocycles. The summed E-state index contributed by atoms with van der Waals surface area (Å²) in [4.78, 5) is 0. The number of hydrogen-bond donors (Lipinski definition) is 0. The van der Waals surface area contributed by atoms with E-state index in [4.69, 9.17) is 14.2 Å². The Morgan fingerprint density at radius 1 is 1.15 bits per heavy atom. The molecule has 1 fully saturated rings. The van der Waals surface area contributed by atoms with Crippen LogP contribution >= 0.6 is 12.0 Å². The summed E-state index contributed by atoms with van der Waals surface area (Å²) in [5.41, 5.74) is 1.17. The Labute approximate surface area is 157 Å². The van der Waals surface area contributed by atoms with Crippen LogP contribution in [0.1, 0.15) is 17.9 Å². The van der Waals surface area contributed by atoms with E-state index in [-0.39, 0.29) is 12.6 Å². The first-order valence-corrected chi connectivity index (χ1v) is 9.88. The Hall–Kier alpha value is -1.92. The van der Waals surface area contributed by atoms with Gasteiger partial charge in [-0.05, 0) is 29.8 Å². The van der Waals surface area contributed by atoms with Crippen LogP contribution in [0.3, 0.4) is 0 Å². The SMILES string of the molecule is CS[O+]1CC[C@@H](c2ccc(F)cc2)[C@H](COc2ccc3c(c2)OCO3)C1. The molecule has 6 heteroatoms. The fourth-order valence-electron chi connectivity index (χ4n) is 3.57. The van der Waals surface area contributed by atoms with Gasteiger partial charge < -0.3 is 18.0 Å². The smallest absolute Gasteiger partial charge is 0.231 e. The highest BCUT2D eigenvalue weighted by atomic mass is 32.2. The molecule has 0 saturated carbocycles. The molecule has 0 unspecified atom stereocenters. The molecular weight excluding hydrogens is 355 g/mol. The molecular formula is C20H22FO4S+. The molecule has 0 bridgehead atoms. The zero-order valence-corrected chi connectivity index (χ0v) is 15.5. The highest BCUT2D eigenvalue weighted by molar-refractivity contribution is 7.94. The van der Waals surface area contributed by atoms with Gasteiger partial charge in [-0.2, -0.15) is 0 Å². The molecule has 26 heavy (non-hydrogen) atoms. The van der Waals surface area contributed by atoms with Crippen molar-refractivity contribution in [2.24, 2.45) is 5.92 Å². The highest BCUT2D eigenvalue weighted by Crippen LogP contribution is 2.39. The molecule has 138 valence electrons. The minimum atomic E-state index is -0.196. The first kappa shape index (κ1) is 17.5. The van der Waals surface area contributed by atoms with Gasteiger partial charge in [0.25, 0.3) is 0 Å². The summed E-state index contributed by atoms with van der Waals surface area (Å²) < 4.78 is 33.3. The second-order valence-electron chi connectivity index (χ2n) is 6.51. The maximum atomic E-state index is 13.3. The Morgan fingerprint density at radius 3 is 2.77 bits per heavy atom. The predicted molar refractivity (Wildman–Crippen MR) is 99.6 cm³/mol. The second kappa shape index (κ2) is 7.76. The molecule has 4 nitrogen and oxygen atoms in total. The average molecular weight is 377 g/mol. The lowest BCUT2D eigenvalue weighted by atomic mass is 9.83. The van der Waals surface area contributed by atoms with Crippen LogP contribution in [0.5, 0.6) is 17.2 Å². The third-order valence-corrected chi connectivity index (χ3v) is 5.74. The van der Waals surface area contributed by atoms with Gasteiger partial charge in [0.05, 0.1) is 18.8 Å². The van der Waals surface area contributed by atoms with Crippen molar-refractivity contribution in [1.29, 1.82) is 0 Å². The van der Waals surface area contributed by atoms with Crippen LogP contribution < -0.4 is 14.2 Å². The molecule has 0 spiro atoms. The van der Waals surface area contributed by atoms with E-state index in [0.717, 1.165) is 36.9 Å². The zero-order valence-electron chi connectivity index (χ0n) is 14.7. The summed E-state index contributed by atoms with van der Waals surface area (Å²) in [6.45, 7) is 2.66. The molecule has 0 radical (unpaired) electrons. The van der Waals surface area contributed by atoms with Gasteiger partial charge in [-0.15, -0.1) is 0 Å². The van der Waals surface area contributed by atoms with E-state index in [1.807, 2.05) is 30.3 Å². The first-order valence-electron chi connectivity index (χ1n) is 8.73. The normalized spacial score (nSPS) is 22.4. The molecule has 2 aliphatic rings. The molecule has 2 aliphatic heterocycles. The average Bonchev–Trinajstić information content (AvgIpc) is 3.14. The number of ether oxygens (including phenoxy) is 3. The summed E-state index contributed by atoms with van der Waals surface area (Å²) in [6.07, 6.45) is 3.07. The fourth-order valence-corrected chi connectivity index (χ4v) is 4.14. The lowest BCUT2D eigenvalue weighted by molar-refractivity contribution is -0.0405. The van der Waals surface area contributed by atoms with Crippen molar-refractivity contribution < 1.29 is 22.4 Å². The lowest BCUT2D eigenvalue weighted by Crippen LogP contribution is -2.34. The van der Waals surface area contributed by atoms with Crippen LogP contribution in [0.4, 0.5) is 4.39 Å². The van der Waals surface area contributed by atoms with Crippen molar-refractivity contribution in [3.05, 3.63) is 53.8 Å². The summed E-state index contributed by atoms with van der Waals surface area (Å²) in [5.74, 6) is 2.71. The number of rotatable bonds is 5. The summed E-state index contributed by atoms with van der Waals surface area (Å²) >= 11 is 1.69. The van der Waals surface area contributed by atoms with Gasteiger partial charge in [-0.1, -0.05) is 12.1 Å². The van der Waals surface area contributed by atoms with Crippen molar-refractivity contribution in [2.75, 3.05) is 32.9 Å². The van der Waals surface area contributed by atoms with Crippen molar-refractivity contribution in [3.8, 4) is 17.2 Å². The van der Waals surface area contributed by atoms with Gasteiger partial charge in [0.1, 0.15) is 11.6 Å². The minimum absolute atomic E-state index is 0.196.